The molecule has 0 saturated heterocycles. The highest BCUT2D eigenvalue weighted by Crippen LogP contribution is 2.24. The van der Waals surface area contributed by atoms with Gasteiger partial charge in [0.25, 0.3) is 0 Å². The van der Waals surface area contributed by atoms with Crippen LogP contribution in [0.1, 0.15) is 28.8 Å². The highest BCUT2D eigenvalue weighted by Gasteiger charge is 2.13. The molecule has 1 heterocycles. The van der Waals surface area contributed by atoms with Gasteiger partial charge in [0.2, 0.25) is 11.8 Å². The molecule has 2 N–H and O–H groups in total. The Morgan fingerprint density at radius 1 is 0.966 bits per heavy atom. The van der Waals surface area contributed by atoms with E-state index >= 15 is 0 Å². The van der Waals surface area contributed by atoms with E-state index in [-0.39, 0.29) is 30.5 Å². The summed E-state index contributed by atoms with van der Waals surface area (Å²) in [5.41, 5.74) is 9.92. The fourth-order valence-corrected chi connectivity index (χ4v) is 4.25. The van der Waals surface area contributed by atoms with Crippen LogP contribution in [0, 0.1) is 5.82 Å². The Bertz CT molecular complexity index is 1050. The van der Waals surface area contributed by atoms with Gasteiger partial charge < -0.3 is 0 Å². The Balaban J connectivity index is 1.26. The Hall–Kier alpha value is -3.06. The number of halogens is 1. The first-order chi connectivity index (χ1) is 14.1. The van der Waals surface area contributed by atoms with E-state index in [1.165, 1.54) is 41.0 Å². The number of nitrogens with zero attached hydrogens (tertiary/aromatic N) is 1. The topological polar surface area (TPSA) is 71.1 Å². The Morgan fingerprint density at radius 2 is 1.69 bits per heavy atom. The van der Waals surface area contributed by atoms with Crippen molar-refractivity contribution in [2.24, 2.45) is 0 Å². The number of fused-ring (bicyclic) bond motifs is 1. The molecular formula is C22H20FN3O2S. The quantitative estimate of drug-likeness (QED) is 0.635. The van der Waals surface area contributed by atoms with Gasteiger partial charge in [-0.05, 0) is 60.2 Å². The smallest absolute Gasteiger partial charge is 0.244 e. The lowest BCUT2D eigenvalue weighted by atomic mass is 10.0. The van der Waals surface area contributed by atoms with Crippen molar-refractivity contribution in [1.82, 2.24) is 15.8 Å². The van der Waals surface area contributed by atoms with Gasteiger partial charge in [0.05, 0.1) is 18.5 Å². The summed E-state index contributed by atoms with van der Waals surface area (Å²) >= 11 is 1.39. The molecule has 0 radical (unpaired) electrons. The van der Waals surface area contributed by atoms with Gasteiger partial charge in [-0.15, -0.1) is 11.3 Å². The number of amides is 2. The van der Waals surface area contributed by atoms with E-state index in [9.17, 15) is 14.0 Å². The number of nitrogens with one attached hydrogen (secondary N) is 2. The average Bonchev–Trinajstić information content (AvgIpc) is 3.36. The van der Waals surface area contributed by atoms with Crippen molar-refractivity contribution in [3.05, 3.63) is 76.0 Å². The van der Waals surface area contributed by atoms with Crippen molar-refractivity contribution in [2.45, 2.75) is 32.1 Å². The van der Waals surface area contributed by atoms with E-state index in [2.05, 4.69) is 28.0 Å². The molecule has 1 aromatic heterocycles. The molecule has 0 aliphatic heterocycles. The molecule has 2 amide bonds. The minimum atomic E-state index is -0.344. The Labute approximate surface area is 172 Å². The second-order valence-electron chi connectivity index (χ2n) is 7.06. The number of carbonyl (C=O) groups excluding carboxylic acids is 2. The maximum atomic E-state index is 13.0. The lowest BCUT2D eigenvalue weighted by Gasteiger charge is -2.08. The van der Waals surface area contributed by atoms with Gasteiger partial charge in [-0.2, -0.15) is 0 Å². The molecular weight excluding hydrogens is 389 g/mol. The predicted molar refractivity (Wildman–Crippen MR) is 110 cm³/mol. The van der Waals surface area contributed by atoms with E-state index < -0.39 is 0 Å². The number of aromatic nitrogens is 1. The molecule has 1 aliphatic carbocycles. The van der Waals surface area contributed by atoms with Crippen LogP contribution in [-0.4, -0.2) is 16.8 Å². The fourth-order valence-electron chi connectivity index (χ4n) is 3.43. The standard InChI is InChI=1S/C22H20FN3O2S/c23-18-8-6-16(7-9-18)22-24-19(13-29-22)12-21(28)26-25-20(27)11-14-4-5-15-2-1-3-17(15)10-14/h4-10,13H,1-3,11-12H2,(H,25,27)(H,26,28). The van der Waals surface area contributed by atoms with Gasteiger partial charge in [-0.1, -0.05) is 18.2 Å². The fraction of sp³-hybridized carbons (Fsp3) is 0.227. The van der Waals surface area contributed by atoms with Crippen molar-refractivity contribution in [2.75, 3.05) is 0 Å². The van der Waals surface area contributed by atoms with Crippen LogP contribution in [0.3, 0.4) is 0 Å². The number of hydrazine groups is 1. The van der Waals surface area contributed by atoms with Crippen molar-refractivity contribution in [1.29, 1.82) is 0 Å². The number of carbonyl (C=O) groups is 2. The summed E-state index contributed by atoms with van der Waals surface area (Å²) in [4.78, 5) is 28.6. The summed E-state index contributed by atoms with van der Waals surface area (Å²) in [5, 5.41) is 2.50. The SMILES string of the molecule is O=C(Cc1ccc2c(c1)CCC2)NNC(=O)Cc1csc(-c2ccc(F)cc2)n1. The molecule has 2 aromatic carbocycles. The summed E-state index contributed by atoms with van der Waals surface area (Å²) in [6.45, 7) is 0. The Morgan fingerprint density at radius 3 is 2.48 bits per heavy atom. The van der Waals surface area contributed by atoms with E-state index in [4.69, 9.17) is 0 Å². The lowest BCUT2D eigenvalue weighted by molar-refractivity contribution is -0.128. The van der Waals surface area contributed by atoms with Gasteiger partial charge in [0, 0.05) is 10.9 Å². The van der Waals surface area contributed by atoms with E-state index in [0.717, 1.165) is 24.0 Å². The number of thiazole rings is 1. The van der Waals surface area contributed by atoms with Gasteiger partial charge in [-0.3, -0.25) is 20.4 Å². The number of hydrogen-bond acceptors (Lipinski definition) is 4. The number of rotatable bonds is 5. The van der Waals surface area contributed by atoms with E-state index in [1.807, 2.05) is 6.07 Å². The molecule has 29 heavy (non-hydrogen) atoms. The van der Waals surface area contributed by atoms with Crippen molar-refractivity contribution < 1.29 is 14.0 Å². The van der Waals surface area contributed by atoms with Gasteiger partial charge in [0.15, 0.2) is 0 Å². The third kappa shape index (κ3) is 4.86. The Kier molecular flexibility index (Phi) is 5.67. The molecule has 1 aliphatic rings. The zero-order chi connectivity index (χ0) is 20.2. The second kappa shape index (κ2) is 8.53. The van der Waals surface area contributed by atoms with Crippen molar-refractivity contribution in [3.8, 4) is 10.6 Å². The molecule has 0 spiro atoms. The largest absolute Gasteiger partial charge is 0.273 e. The van der Waals surface area contributed by atoms with Crippen LogP contribution in [0.25, 0.3) is 10.6 Å². The third-order valence-electron chi connectivity index (χ3n) is 4.85. The van der Waals surface area contributed by atoms with Crippen LogP contribution in [0.5, 0.6) is 0 Å². The summed E-state index contributed by atoms with van der Waals surface area (Å²) in [6, 6.07) is 12.2. The molecule has 148 valence electrons. The third-order valence-corrected chi connectivity index (χ3v) is 5.79. The van der Waals surface area contributed by atoms with Crippen LogP contribution in [0.4, 0.5) is 4.39 Å². The summed E-state index contributed by atoms with van der Waals surface area (Å²) in [6.07, 6.45) is 3.61. The van der Waals surface area contributed by atoms with E-state index in [0.29, 0.717) is 10.7 Å². The van der Waals surface area contributed by atoms with Crippen LogP contribution < -0.4 is 10.9 Å². The highest BCUT2D eigenvalue weighted by molar-refractivity contribution is 7.13. The zero-order valence-corrected chi connectivity index (χ0v) is 16.5. The number of hydrogen-bond donors (Lipinski definition) is 2. The van der Waals surface area contributed by atoms with Crippen LogP contribution >= 0.6 is 11.3 Å². The first kappa shape index (κ1) is 19.3. The van der Waals surface area contributed by atoms with Crippen molar-refractivity contribution >= 4 is 23.2 Å². The number of aryl methyl sites for hydroxylation is 2. The molecule has 0 bridgehead atoms. The van der Waals surface area contributed by atoms with Crippen LogP contribution in [-0.2, 0) is 35.3 Å². The van der Waals surface area contributed by atoms with Gasteiger partial charge >= 0.3 is 0 Å². The monoisotopic (exact) mass is 409 g/mol. The van der Waals surface area contributed by atoms with Gasteiger partial charge in [0.1, 0.15) is 10.8 Å². The highest BCUT2D eigenvalue weighted by atomic mass is 32.1. The maximum absolute atomic E-state index is 13.0. The molecule has 0 fully saturated rings. The van der Waals surface area contributed by atoms with Crippen LogP contribution in [0.2, 0.25) is 0 Å². The minimum absolute atomic E-state index is 0.0524. The summed E-state index contributed by atoms with van der Waals surface area (Å²) in [5.74, 6) is -0.912. The molecule has 4 rings (SSSR count). The molecule has 5 nitrogen and oxygen atoms in total. The van der Waals surface area contributed by atoms with Crippen molar-refractivity contribution in [3.63, 3.8) is 0 Å². The molecule has 0 saturated carbocycles. The summed E-state index contributed by atoms with van der Waals surface area (Å²) in [7, 11) is 0. The lowest BCUT2D eigenvalue weighted by Crippen LogP contribution is -2.43. The predicted octanol–water partition coefficient (Wildman–Crippen LogP) is 3.37. The second-order valence-corrected chi connectivity index (χ2v) is 7.92. The normalized spacial score (nSPS) is 12.4. The van der Waals surface area contributed by atoms with Crippen LogP contribution in [0.15, 0.2) is 47.8 Å². The molecule has 0 atom stereocenters. The van der Waals surface area contributed by atoms with E-state index in [1.54, 1.807) is 17.5 Å². The first-order valence-electron chi connectivity index (χ1n) is 9.45. The molecule has 7 heteroatoms. The zero-order valence-electron chi connectivity index (χ0n) is 15.7. The maximum Gasteiger partial charge on any atom is 0.244 e. The number of benzene rings is 2. The summed E-state index contributed by atoms with van der Waals surface area (Å²) < 4.78 is 13.0. The first-order valence-corrected chi connectivity index (χ1v) is 10.3. The minimum Gasteiger partial charge on any atom is -0.273 e. The molecule has 3 aromatic rings. The average molecular weight is 409 g/mol. The van der Waals surface area contributed by atoms with Gasteiger partial charge in [-0.25, -0.2) is 9.37 Å². The molecule has 0 unspecified atom stereocenters.